The molecule has 30 heavy (non-hydrogen) atoms. The minimum Gasteiger partial charge on any atom is -0.493 e. The van der Waals surface area contributed by atoms with Crippen LogP contribution in [0.25, 0.3) is 0 Å². The predicted molar refractivity (Wildman–Crippen MR) is 101 cm³/mol. The third-order valence-electron chi connectivity index (χ3n) is 5.12. The minimum absolute atomic E-state index is 0.182. The molecule has 2 aliphatic rings. The molecule has 1 fully saturated rings. The topological polar surface area (TPSA) is 128 Å². The van der Waals surface area contributed by atoms with Crippen molar-refractivity contribution in [2.45, 2.75) is 18.6 Å². The van der Waals surface area contributed by atoms with Crippen molar-refractivity contribution in [3.8, 4) is 5.75 Å². The Labute approximate surface area is 170 Å². The number of urea groups is 1. The lowest BCUT2D eigenvalue weighted by Crippen LogP contribution is -2.47. The molecule has 154 valence electrons. The number of imide groups is 1. The number of nitrogens with one attached hydrogen (secondary N) is 1. The van der Waals surface area contributed by atoms with E-state index in [-0.39, 0.29) is 30.9 Å². The predicted octanol–water partition coefficient (Wildman–Crippen LogP) is 1.87. The molecule has 0 bridgehead atoms. The molecule has 0 saturated carbocycles. The number of rotatable bonds is 5. The van der Waals surface area contributed by atoms with E-state index in [1.54, 1.807) is 30.3 Å². The van der Waals surface area contributed by atoms with E-state index in [9.17, 15) is 24.5 Å². The SMILES string of the molecule is O=C(CN1C(=O)N[C@]2(CCOc3ccccc32)C1=O)OCc1ccccc1[N+](=O)[O-]. The lowest BCUT2D eigenvalue weighted by Gasteiger charge is -2.33. The summed E-state index contributed by atoms with van der Waals surface area (Å²) in [4.78, 5) is 49.1. The summed E-state index contributed by atoms with van der Waals surface area (Å²) in [5.41, 5.74) is -0.726. The molecule has 1 spiro atoms. The van der Waals surface area contributed by atoms with Gasteiger partial charge in [0.05, 0.1) is 17.1 Å². The molecule has 4 rings (SSSR count). The number of nitrogens with zero attached hydrogens (tertiary/aromatic N) is 2. The lowest BCUT2D eigenvalue weighted by atomic mass is 9.84. The van der Waals surface area contributed by atoms with Gasteiger partial charge >= 0.3 is 12.0 Å². The fourth-order valence-corrected chi connectivity index (χ4v) is 3.66. The van der Waals surface area contributed by atoms with E-state index in [4.69, 9.17) is 9.47 Å². The van der Waals surface area contributed by atoms with Crippen LogP contribution >= 0.6 is 0 Å². The highest BCUT2D eigenvalue weighted by atomic mass is 16.6. The number of fused-ring (bicyclic) bond motifs is 2. The molecular weight excluding hydrogens is 394 g/mol. The first-order chi connectivity index (χ1) is 14.4. The average Bonchev–Trinajstić information content (AvgIpc) is 2.97. The van der Waals surface area contributed by atoms with Crippen molar-refractivity contribution in [3.63, 3.8) is 0 Å². The molecule has 1 N–H and O–H groups in total. The first-order valence-corrected chi connectivity index (χ1v) is 9.17. The number of nitro groups is 1. The molecule has 10 nitrogen and oxygen atoms in total. The highest BCUT2D eigenvalue weighted by molar-refractivity contribution is 6.09. The van der Waals surface area contributed by atoms with Gasteiger partial charge in [0, 0.05) is 18.1 Å². The van der Waals surface area contributed by atoms with E-state index >= 15 is 0 Å². The number of carbonyl (C=O) groups excluding carboxylic acids is 3. The van der Waals surface area contributed by atoms with E-state index < -0.39 is 34.9 Å². The van der Waals surface area contributed by atoms with Gasteiger partial charge in [-0.3, -0.25) is 24.6 Å². The van der Waals surface area contributed by atoms with Crippen LogP contribution < -0.4 is 10.1 Å². The Bertz CT molecular complexity index is 1050. The van der Waals surface area contributed by atoms with Crippen LogP contribution in [0.3, 0.4) is 0 Å². The number of esters is 1. The van der Waals surface area contributed by atoms with Crippen LogP contribution in [0.15, 0.2) is 48.5 Å². The van der Waals surface area contributed by atoms with Crippen LogP contribution in [0.5, 0.6) is 5.75 Å². The van der Waals surface area contributed by atoms with Gasteiger partial charge in [0.1, 0.15) is 18.9 Å². The van der Waals surface area contributed by atoms with Crippen LogP contribution in [0.1, 0.15) is 17.5 Å². The van der Waals surface area contributed by atoms with Crippen LogP contribution in [-0.4, -0.2) is 40.9 Å². The molecule has 2 aromatic carbocycles. The van der Waals surface area contributed by atoms with Gasteiger partial charge < -0.3 is 14.8 Å². The van der Waals surface area contributed by atoms with Crippen LogP contribution in [0.2, 0.25) is 0 Å². The monoisotopic (exact) mass is 411 g/mol. The molecule has 1 saturated heterocycles. The zero-order chi connectivity index (χ0) is 21.3. The second-order valence-corrected chi connectivity index (χ2v) is 6.87. The Hall–Kier alpha value is -3.95. The lowest BCUT2D eigenvalue weighted by molar-refractivity contribution is -0.385. The Balaban J connectivity index is 1.47. The Morgan fingerprint density at radius 3 is 2.73 bits per heavy atom. The zero-order valence-electron chi connectivity index (χ0n) is 15.7. The molecule has 0 unspecified atom stereocenters. The highest BCUT2D eigenvalue weighted by Crippen LogP contribution is 2.40. The van der Waals surface area contributed by atoms with Gasteiger partial charge in [0.2, 0.25) is 0 Å². The molecule has 0 radical (unpaired) electrons. The van der Waals surface area contributed by atoms with Crippen molar-refractivity contribution in [3.05, 3.63) is 69.8 Å². The van der Waals surface area contributed by atoms with Gasteiger partial charge in [-0.05, 0) is 12.1 Å². The average molecular weight is 411 g/mol. The van der Waals surface area contributed by atoms with Gasteiger partial charge in [0.25, 0.3) is 11.6 Å². The number of benzene rings is 2. The van der Waals surface area contributed by atoms with E-state index in [0.717, 1.165) is 4.90 Å². The fourth-order valence-electron chi connectivity index (χ4n) is 3.66. The van der Waals surface area contributed by atoms with Crippen molar-refractivity contribution >= 4 is 23.6 Å². The van der Waals surface area contributed by atoms with Gasteiger partial charge in [-0.1, -0.05) is 30.3 Å². The van der Waals surface area contributed by atoms with Crippen molar-refractivity contribution in [1.82, 2.24) is 10.2 Å². The Morgan fingerprint density at radius 1 is 1.20 bits per heavy atom. The molecule has 2 aliphatic heterocycles. The van der Waals surface area contributed by atoms with Crippen LogP contribution in [0, 0.1) is 10.1 Å². The molecule has 2 aromatic rings. The molecule has 2 heterocycles. The van der Waals surface area contributed by atoms with Crippen LogP contribution in [-0.2, 0) is 26.5 Å². The van der Waals surface area contributed by atoms with E-state index in [1.165, 1.54) is 18.2 Å². The largest absolute Gasteiger partial charge is 0.493 e. The van der Waals surface area contributed by atoms with E-state index in [1.807, 2.05) is 0 Å². The first-order valence-electron chi connectivity index (χ1n) is 9.17. The van der Waals surface area contributed by atoms with Crippen molar-refractivity contribution in [2.24, 2.45) is 0 Å². The van der Waals surface area contributed by atoms with E-state index in [0.29, 0.717) is 11.3 Å². The minimum atomic E-state index is -1.29. The smallest absolute Gasteiger partial charge is 0.326 e. The summed E-state index contributed by atoms with van der Waals surface area (Å²) in [5.74, 6) is -0.918. The second kappa shape index (κ2) is 7.47. The number of carbonyl (C=O) groups is 3. The van der Waals surface area contributed by atoms with Crippen LogP contribution in [0.4, 0.5) is 10.5 Å². The third-order valence-corrected chi connectivity index (χ3v) is 5.12. The normalized spacial score (nSPS) is 19.8. The summed E-state index contributed by atoms with van der Waals surface area (Å²) in [6.07, 6.45) is 0.232. The Kier molecular flexibility index (Phi) is 4.82. The summed E-state index contributed by atoms with van der Waals surface area (Å²) in [7, 11) is 0. The number of hydrogen-bond donors (Lipinski definition) is 1. The highest BCUT2D eigenvalue weighted by Gasteiger charge is 2.55. The number of para-hydroxylation sites is 2. The summed E-state index contributed by atoms with van der Waals surface area (Å²) < 4.78 is 10.6. The van der Waals surface area contributed by atoms with Gasteiger partial charge in [0.15, 0.2) is 5.54 Å². The molecule has 10 heteroatoms. The summed E-state index contributed by atoms with van der Waals surface area (Å²) in [5, 5.41) is 13.7. The van der Waals surface area contributed by atoms with Gasteiger partial charge in [-0.2, -0.15) is 0 Å². The van der Waals surface area contributed by atoms with Crippen molar-refractivity contribution in [1.29, 1.82) is 0 Å². The maximum absolute atomic E-state index is 13.1. The number of amides is 3. The molecule has 0 aromatic heterocycles. The maximum Gasteiger partial charge on any atom is 0.326 e. The van der Waals surface area contributed by atoms with Gasteiger partial charge in [-0.15, -0.1) is 0 Å². The summed E-state index contributed by atoms with van der Waals surface area (Å²) in [6, 6.07) is 12.0. The number of hydrogen-bond acceptors (Lipinski definition) is 7. The maximum atomic E-state index is 13.1. The number of nitro benzene ring substituents is 1. The zero-order valence-corrected chi connectivity index (χ0v) is 15.7. The Morgan fingerprint density at radius 2 is 1.93 bits per heavy atom. The first kappa shape index (κ1) is 19.4. The summed E-state index contributed by atoms with van der Waals surface area (Å²) in [6.45, 7) is -0.712. The summed E-state index contributed by atoms with van der Waals surface area (Å²) >= 11 is 0. The quantitative estimate of drug-likeness (QED) is 0.344. The molecule has 0 aliphatic carbocycles. The standard InChI is InChI=1S/C20H17N3O7/c24-17(30-12-13-5-1-3-7-15(13)23(27)28)11-22-18(25)20(21-19(22)26)9-10-29-16-8-4-2-6-14(16)20/h1-8H,9-12H2,(H,21,26)/t20-/m0/s1. The molecule has 1 atom stereocenters. The second-order valence-electron chi connectivity index (χ2n) is 6.87. The number of ether oxygens (including phenoxy) is 2. The molecular formula is C20H17N3O7. The van der Waals surface area contributed by atoms with Crippen molar-refractivity contribution in [2.75, 3.05) is 13.2 Å². The molecule has 3 amide bonds. The van der Waals surface area contributed by atoms with E-state index in [2.05, 4.69) is 5.32 Å². The third kappa shape index (κ3) is 3.21. The van der Waals surface area contributed by atoms with Gasteiger partial charge in [-0.25, -0.2) is 4.79 Å². The fraction of sp³-hybridized carbons (Fsp3) is 0.250. The van der Waals surface area contributed by atoms with Crippen molar-refractivity contribution < 1.29 is 28.8 Å².